The maximum atomic E-state index is 13.8. The van der Waals surface area contributed by atoms with E-state index in [0.29, 0.717) is 11.3 Å². The Morgan fingerprint density at radius 1 is 0.900 bits per heavy atom. The van der Waals surface area contributed by atoms with Gasteiger partial charge in [0.05, 0.1) is 11.3 Å². The van der Waals surface area contributed by atoms with E-state index in [4.69, 9.17) is 0 Å². The quantitative estimate of drug-likeness (QED) is 0.607. The Morgan fingerprint density at radius 3 is 2.23 bits per heavy atom. The van der Waals surface area contributed by atoms with Gasteiger partial charge in [0.2, 0.25) is 0 Å². The number of hydrogen-bond acceptors (Lipinski definition) is 3. The van der Waals surface area contributed by atoms with Crippen molar-refractivity contribution in [2.75, 3.05) is 10.2 Å². The summed E-state index contributed by atoms with van der Waals surface area (Å²) in [5.74, 6) is -1.51. The zero-order valence-electron chi connectivity index (χ0n) is 16.8. The van der Waals surface area contributed by atoms with Crippen LogP contribution in [-0.2, 0) is 16.0 Å². The third-order valence-corrected chi connectivity index (χ3v) is 5.12. The molecule has 4 nitrogen and oxygen atoms in total. The van der Waals surface area contributed by atoms with Crippen molar-refractivity contribution in [3.63, 3.8) is 0 Å². The normalized spacial score (nSPS) is 13.9. The zero-order valence-corrected chi connectivity index (χ0v) is 16.8. The largest absolute Gasteiger partial charge is 0.350 e. The molecule has 0 radical (unpaired) electrons. The maximum absolute atomic E-state index is 13.8. The van der Waals surface area contributed by atoms with Gasteiger partial charge in [-0.25, -0.2) is 9.29 Å². The number of anilines is 2. The summed E-state index contributed by atoms with van der Waals surface area (Å²) in [5.41, 5.74) is 4.19. The molecule has 4 rings (SSSR count). The topological polar surface area (TPSA) is 49.4 Å². The molecule has 0 atom stereocenters. The summed E-state index contributed by atoms with van der Waals surface area (Å²) in [7, 11) is 0. The van der Waals surface area contributed by atoms with Crippen LogP contribution >= 0.6 is 0 Å². The number of imide groups is 1. The van der Waals surface area contributed by atoms with Crippen molar-refractivity contribution in [2.24, 2.45) is 0 Å². The molecule has 0 unspecified atom stereocenters. The van der Waals surface area contributed by atoms with Crippen LogP contribution in [0.1, 0.15) is 23.6 Å². The number of hydrogen-bond donors (Lipinski definition) is 1. The molecule has 3 aromatic carbocycles. The number of carbonyl (C=O) groups excluding carboxylic acids is 2. The minimum Gasteiger partial charge on any atom is -0.350 e. The SMILES string of the molecule is CCc1ccc(NC2=C(c3ccc(C)cc3)C(=O)N(c3cccc(F)c3)C2=O)cc1. The first kappa shape index (κ1) is 19.6. The number of nitrogens with zero attached hydrogens (tertiary/aromatic N) is 1. The smallest absolute Gasteiger partial charge is 0.282 e. The minimum atomic E-state index is -0.513. The lowest BCUT2D eigenvalue weighted by molar-refractivity contribution is -0.120. The molecule has 5 heteroatoms. The molecule has 0 fully saturated rings. The van der Waals surface area contributed by atoms with Gasteiger partial charge in [-0.05, 0) is 54.8 Å². The molecule has 1 aliphatic heterocycles. The highest BCUT2D eigenvalue weighted by molar-refractivity contribution is 6.46. The van der Waals surface area contributed by atoms with Gasteiger partial charge in [-0.3, -0.25) is 9.59 Å². The van der Waals surface area contributed by atoms with Gasteiger partial charge in [0.1, 0.15) is 11.5 Å². The number of aryl methyl sites for hydroxylation is 2. The van der Waals surface area contributed by atoms with Gasteiger partial charge in [0.15, 0.2) is 0 Å². The zero-order chi connectivity index (χ0) is 21.3. The Morgan fingerprint density at radius 2 is 1.60 bits per heavy atom. The number of carbonyl (C=O) groups is 2. The second-order valence-corrected chi connectivity index (χ2v) is 7.22. The molecule has 2 amide bonds. The van der Waals surface area contributed by atoms with Gasteiger partial charge in [-0.15, -0.1) is 0 Å². The molecule has 0 spiro atoms. The highest BCUT2D eigenvalue weighted by atomic mass is 19.1. The lowest BCUT2D eigenvalue weighted by Crippen LogP contribution is -2.32. The van der Waals surface area contributed by atoms with E-state index in [2.05, 4.69) is 12.2 Å². The van der Waals surface area contributed by atoms with Crippen LogP contribution in [0.15, 0.2) is 78.5 Å². The van der Waals surface area contributed by atoms with Crippen molar-refractivity contribution >= 4 is 28.8 Å². The van der Waals surface area contributed by atoms with E-state index < -0.39 is 17.6 Å². The summed E-state index contributed by atoms with van der Waals surface area (Å²) in [6, 6.07) is 20.6. The van der Waals surface area contributed by atoms with Crippen LogP contribution in [-0.4, -0.2) is 11.8 Å². The third kappa shape index (κ3) is 3.62. The molecule has 150 valence electrons. The first-order valence-corrected chi connectivity index (χ1v) is 9.79. The Kier molecular flexibility index (Phi) is 5.19. The third-order valence-electron chi connectivity index (χ3n) is 5.12. The van der Waals surface area contributed by atoms with E-state index in [1.54, 1.807) is 6.07 Å². The molecule has 0 aromatic heterocycles. The standard InChI is InChI=1S/C25H21FN2O2/c1-3-17-9-13-20(14-10-17)27-23-22(18-11-7-16(2)8-12-18)24(29)28(25(23)30)21-6-4-5-19(26)15-21/h4-15,27H,3H2,1-2H3. The molecule has 1 N–H and O–H groups in total. The van der Waals surface area contributed by atoms with Crippen molar-refractivity contribution in [3.05, 3.63) is 101 Å². The predicted molar refractivity (Wildman–Crippen MR) is 116 cm³/mol. The molecule has 3 aromatic rings. The van der Waals surface area contributed by atoms with Crippen molar-refractivity contribution in [1.82, 2.24) is 0 Å². The maximum Gasteiger partial charge on any atom is 0.282 e. The highest BCUT2D eigenvalue weighted by Crippen LogP contribution is 2.34. The number of amides is 2. The van der Waals surface area contributed by atoms with Crippen molar-refractivity contribution in [1.29, 1.82) is 0 Å². The fourth-order valence-corrected chi connectivity index (χ4v) is 3.45. The van der Waals surface area contributed by atoms with Crippen molar-refractivity contribution in [2.45, 2.75) is 20.3 Å². The molecule has 0 saturated heterocycles. The molecule has 1 heterocycles. The average molecular weight is 400 g/mol. The summed E-state index contributed by atoms with van der Waals surface area (Å²) in [6.45, 7) is 4.02. The van der Waals surface area contributed by atoms with Crippen LogP contribution in [0.2, 0.25) is 0 Å². The van der Waals surface area contributed by atoms with Crippen LogP contribution in [0.3, 0.4) is 0 Å². The van der Waals surface area contributed by atoms with Crippen LogP contribution in [0.5, 0.6) is 0 Å². The first-order chi connectivity index (χ1) is 14.5. The average Bonchev–Trinajstić information content (AvgIpc) is 2.99. The molecule has 0 bridgehead atoms. The van der Waals surface area contributed by atoms with Gasteiger partial charge in [-0.2, -0.15) is 0 Å². The summed E-state index contributed by atoms with van der Waals surface area (Å²) < 4.78 is 13.8. The van der Waals surface area contributed by atoms with Crippen molar-refractivity contribution in [3.8, 4) is 0 Å². The molecular weight excluding hydrogens is 379 g/mol. The summed E-state index contributed by atoms with van der Waals surface area (Å²) >= 11 is 0. The number of rotatable bonds is 5. The fraction of sp³-hybridized carbons (Fsp3) is 0.120. The first-order valence-electron chi connectivity index (χ1n) is 9.79. The van der Waals surface area contributed by atoms with E-state index >= 15 is 0 Å². The van der Waals surface area contributed by atoms with Crippen LogP contribution in [0, 0.1) is 12.7 Å². The van der Waals surface area contributed by atoms with Crippen LogP contribution in [0.25, 0.3) is 5.57 Å². The monoisotopic (exact) mass is 400 g/mol. The highest BCUT2D eigenvalue weighted by Gasteiger charge is 2.40. The Hall–Kier alpha value is -3.73. The minimum absolute atomic E-state index is 0.178. The van der Waals surface area contributed by atoms with Gasteiger partial charge in [-0.1, -0.05) is 55.0 Å². The predicted octanol–water partition coefficient (Wildman–Crippen LogP) is 5.09. The second kappa shape index (κ2) is 7.95. The van der Waals surface area contributed by atoms with Gasteiger partial charge in [0.25, 0.3) is 11.8 Å². The Bertz CT molecular complexity index is 1150. The van der Waals surface area contributed by atoms with Gasteiger partial charge >= 0.3 is 0 Å². The lowest BCUT2D eigenvalue weighted by atomic mass is 10.0. The van der Waals surface area contributed by atoms with E-state index in [0.717, 1.165) is 16.9 Å². The van der Waals surface area contributed by atoms with Crippen LogP contribution < -0.4 is 10.2 Å². The number of nitrogens with one attached hydrogen (secondary N) is 1. The fourth-order valence-electron chi connectivity index (χ4n) is 3.45. The number of benzene rings is 3. The van der Waals surface area contributed by atoms with Gasteiger partial charge < -0.3 is 5.32 Å². The van der Waals surface area contributed by atoms with Gasteiger partial charge in [0, 0.05) is 5.69 Å². The summed E-state index contributed by atoms with van der Waals surface area (Å²) in [5, 5.41) is 3.12. The van der Waals surface area contributed by atoms with E-state index in [9.17, 15) is 14.0 Å². The van der Waals surface area contributed by atoms with Crippen LogP contribution in [0.4, 0.5) is 15.8 Å². The lowest BCUT2D eigenvalue weighted by Gasteiger charge is -2.15. The summed E-state index contributed by atoms with van der Waals surface area (Å²) in [4.78, 5) is 27.6. The molecule has 30 heavy (non-hydrogen) atoms. The van der Waals surface area contributed by atoms with E-state index in [-0.39, 0.29) is 17.0 Å². The summed E-state index contributed by atoms with van der Waals surface area (Å²) in [6.07, 6.45) is 0.905. The Labute approximate surface area is 174 Å². The molecule has 0 aliphatic carbocycles. The Balaban J connectivity index is 1.80. The molecular formula is C25H21FN2O2. The molecule has 0 saturated carbocycles. The second-order valence-electron chi connectivity index (χ2n) is 7.22. The van der Waals surface area contributed by atoms with E-state index in [1.165, 1.54) is 23.8 Å². The van der Waals surface area contributed by atoms with E-state index in [1.807, 2.05) is 55.5 Å². The molecule has 1 aliphatic rings. The number of halogens is 1. The van der Waals surface area contributed by atoms with Crippen molar-refractivity contribution < 1.29 is 14.0 Å².